The van der Waals surface area contributed by atoms with E-state index in [2.05, 4.69) is 4.72 Å². The van der Waals surface area contributed by atoms with Gasteiger partial charge in [-0.25, -0.2) is 8.42 Å². The molecular weight excluding hydrogens is 471 g/mol. The van der Waals surface area contributed by atoms with Gasteiger partial charge in [0.1, 0.15) is 0 Å². The fraction of sp³-hybridized carbons (Fsp3) is 0.167. The Balaban J connectivity index is 1.94. The number of nitrogens with one attached hydrogen (secondary N) is 1. The molecule has 0 heterocycles. The lowest BCUT2D eigenvalue weighted by Gasteiger charge is -2.13. The molecule has 34 heavy (non-hydrogen) atoms. The molecule has 0 amide bonds. The first-order valence-corrected chi connectivity index (χ1v) is 11.3. The molecule has 0 saturated heterocycles. The first kappa shape index (κ1) is 25.0. The van der Waals surface area contributed by atoms with Gasteiger partial charge in [-0.1, -0.05) is 36.4 Å². The van der Waals surface area contributed by atoms with E-state index in [1.165, 1.54) is 27.4 Å². The number of hydrogen-bond donors (Lipinski definition) is 1. The molecule has 0 radical (unpaired) electrons. The standard InChI is InChI=1S/C24H22F3NO5S/c1-31-21-13-16(14-22(32-2)23(21)33-3)11-12-17-7-4-5-10-20(17)28-34(29,30)19-9-6-8-18(15-19)24(25,26)27/h4-15,28H,1-3H3. The molecule has 10 heteroatoms. The van der Waals surface area contributed by atoms with Gasteiger partial charge in [0.15, 0.2) is 11.5 Å². The van der Waals surface area contributed by atoms with E-state index >= 15 is 0 Å². The maximum atomic E-state index is 13.0. The van der Waals surface area contributed by atoms with Crippen LogP contribution >= 0.6 is 0 Å². The molecule has 3 aromatic carbocycles. The predicted molar refractivity (Wildman–Crippen MR) is 124 cm³/mol. The quantitative estimate of drug-likeness (QED) is 0.408. The number of rotatable bonds is 8. The molecule has 0 aliphatic rings. The van der Waals surface area contributed by atoms with E-state index in [1.54, 1.807) is 42.5 Å². The number of anilines is 1. The minimum absolute atomic E-state index is 0.198. The summed E-state index contributed by atoms with van der Waals surface area (Å²) in [5, 5.41) is 0. The number of halogens is 3. The van der Waals surface area contributed by atoms with Gasteiger partial charge in [-0.3, -0.25) is 4.72 Å². The number of alkyl halides is 3. The van der Waals surface area contributed by atoms with Crippen LogP contribution in [0.1, 0.15) is 16.7 Å². The normalized spacial score (nSPS) is 11.9. The maximum Gasteiger partial charge on any atom is 0.416 e. The van der Waals surface area contributed by atoms with Crippen molar-refractivity contribution >= 4 is 27.9 Å². The molecule has 0 unspecified atom stereocenters. The Bertz CT molecular complexity index is 1280. The summed E-state index contributed by atoms with van der Waals surface area (Å²) in [4.78, 5) is -0.495. The van der Waals surface area contributed by atoms with Crippen LogP contribution in [0.25, 0.3) is 12.2 Å². The van der Waals surface area contributed by atoms with E-state index in [4.69, 9.17) is 14.2 Å². The van der Waals surface area contributed by atoms with Crippen molar-refractivity contribution in [3.8, 4) is 17.2 Å². The zero-order valence-electron chi connectivity index (χ0n) is 18.5. The Kier molecular flexibility index (Phi) is 7.41. The number of methoxy groups -OCH3 is 3. The highest BCUT2D eigenvalue weighted by atomic mass is 32.2. The smallest absolute Gasteiger partial charge is 0.416 e. The van der Waals surface area contributed by atoms with Gasteiger partial charge in [0, 0.05) is 0 Å². The molecule has 0 fully saturated rings. The zero-order chi connectivity index (χ0) is 24.9. The van der Waals surface area contributed by atoms with Crippen LogP contribution in [0.2, 0.25) is 0 Å². The monoisotopic (exact) mass is 493 g/mol. The zero-order valence-corrected chi connectivity index (χ0v) is 19.3. The first-order valence-electron chi connectivity index (χ1n) is 9.86. The molecule has 180 valence electrons. The Morgan fingerprint density at radius 1 is 0.824 bits per heavy atom. The number of para-hydroxylation sites is 1. The number of benzene rings is 3. The summed E-state index contributed by atoms with van der Waals surface area (Å²) < 4.78 is 83.0. The van der Waals surface area contributed by atoms with Crippen molar-refractivity contribution < 1.29 is 35.8 Å². The molecule has 0 bridgehead atoms. The third-order valence-corrected chi connectivity index (χ3v) is 6.18. The van der Waals surface area contributed by atoms with Crippen molar-refractivity contribution in [2.24, 2.45) is 0 Å². The van der Waals surface area contributed by atoms with Crippen LogP contribution in [-0.2, 0) is 16.2 Å². The van der Waals surface area contributed by atoms with Gasteiger partial charge in [-0.2, -0.15) is 13.2 Å². The second-order valence-corrected chi connectivity index (χ2v) is 8.69. The molecule has 0 aromatic heterocycles. The number of ether oxygens (including phenoxy) is 3. The van der Waals surface area contributed by atoms with Crippen molar-refractivity contribution in [2.75, 3.05) is 26.1 Å². The van der Waals surface area contributed by atoms with Crippen LogP contribution in [0.5, 0.6) is 17.2 Å². The van der Waals surface area contributed by atoms with Gasteiger partial charge in [-0.15, -0.1) is 0 Å². The lowest BCUT2D eigenvalue weighted by molar-refractivity contribution is -0.137. The van der Waals surface area contributed by atoms with Crippen LogP contribution in [-0.4, -0.2) is 29.7 Å². The second kappa shape index (κ2) is 10.1. The largest absolute Gasteiger partial charge is 0.493 e. The van der Waals surface area contributed by atoms with E-state index < -0.39 is 26.7 Å². The van der Waals surface area contributed by atoms with E-state index in [0.717, 1.165) is 18.2 Å². The van der Waals surface area contributed by atoms with Crippen molar-refractivity contribution in [3.63, 3.8) is 0 Å². The predicted octanol–water partition coefficient (Wildman–Crippen LogP) is 5.70. The summed E-state index contributed by atoms with van der Waals surface area (Å²) >= 11 is 0. The summed E-state index contributed by atoms with van der Waals surface area (Å²) in [6.45, 7) is 0. The molecule has 1 N–H and O–H groups in total. The van der Waals surface area contributed by atoms with Gasteiger partial charge < -0.3 is 14.2 Å². The van der Waals surface area contributed by atoms with Gasteiger partial charge in [0.25, 0.3) is 10.0 Å². The highest BCUT2D eigenvalue weighted by Gasteiger charge is 2.31. The molecular formula is C24H22F3NO5S. The molecule has 3 aromatic rings. The molecule has 0 spiro atoms. The summed E-state index contributed by atoms with van der Waals surface area (Å²) in [6, 6.07) is 13.5. The van der Waals surface area contributed by atoms with Crippen LogP contribution < -0.4 is 18.9 Å². The van der Waals surface area contributed by atoms with Crippen molar-refractivity contribution in [1.29, 1.82) is 0 Å². The molecule has 6 nitrogen and oxygen atoms in total. The topological polar surface area (TPSA) is 73.9 Å². The minimum Gasteiger partial charge on any atom is -0.493 e. The Labute approximate surface area is 195 Å². The molecule has 0 aliphatic heterocycles. The van der Waals surface area contributed by atoms with E-state index in [1.807, 2.05) is 0 Å². The van der Waals surface area contributed by atoms with Crippen LogP contribution in [0.15, 0.2) is 65.6 Å². The van der Waals surface area contributed by atoms with Gasteiger partial charge in [-0.05, 0) is 47.5 Å². The first-order chi connectivity index (χ1) is 16.1. The SMILES string of the molecule is COc1cc(C=Cc2ccccc2NS(=O)(=O)c2cccc(C(F)(F)F)c2)cc(OC)c1OC. The van der Waals surface area contributed by atoms with Crippen LogP contribution in [0, 0.1) is 0 Å². The summed E-state index contributed by atoms with van der Waals surface area (Å²) in [5.41, 5.74) is 0.325. The Hall–Kier alpha value is -3.66. The van der Waals surface area contributed by atoms with Crippen LogP contribution in [0.3, 0.4) is 0 Å². The van der Waals surface area contributed by atoms with E-state index in [0.29, 0.717) is 34.4 Å². The third-order valence-electron chi connectivity index (χ3n) is 4.82. The average molecular weight is 494 g/mol. The number of hydrogen-bond acceptors (Lipinski definition) is 5. The Morgan fingerprint density at radius 3 is 2.06 bits per heavy atom. The highest BCUT2D eigenvalue weighted by molar-refractivity contribution is 7.92. The van der Waals surface area contributed by atoms with Crippen molar-refractivity contribution in [3.05, 3.63) is 77.4 Å². The molecule has 0 atom stereocenters. The van der Waals surface area contributed by atoms with Crippen molar-refractivity contribution in [1.82, 2.24) is 0 Å². The van der Waals surface area contributed by atoms with E-state index in [9.17, 15) is 21.6 Å². The molecule has 0 saturated carbocycles. The van der Waals surface area contributed by atoms with Crippen molar-refractivity contribution in [2.45, 2.75) is 11.1 Å². The van der Waals surface area contributed by atoms with Gasteiger partial charge in [0.2, 0.25) is 5.75 Å². The summed E-state index contributed by atoms with van der Waals surface area (Å²) in [7, 11) is 0.194. The summed E-state index contributed by atoms with van der Waals surface area (Å²) in [6.07, 6.45) is -1.29. The summed E-state index contributed by atoms with van der Waals surface area (Å²) in [5.74, 6) is 1.32. The Morgan fingerprint density at radius 2 is 1.47 bits per heavy atom. The van der Waals surface area contributed by atoms with Gasteiger partial charge >= 0.3 is 6.18 Å². The average Bonchev–Trinajstić information content (AvgIpc) is 2.82. The van der Waals surface area contributed by atoms with Crippen LogP contribution in [0.4, 0.5) is 18.9 Å². The highest BCUT2D eigenvalue weighted by Crippen LogP contribution is 2.39. The number of sulfonamides is 1. The fourth-order valence-corrected chi connectivity index (χ4v) is 4.30. The maximum absolute atomic E-state index is 13.0. The molecule has 0 aliphatic carbocycles. The second-order valence-electron chi connectivity index (χ2n) is 7.01. The lowest BCUT2D eigenvalue weighted by atomic mass is 10.1. The minimum atomic E-state index is -4.66. The van der Waals surface area contributed by atoms with E-state index in [-0.39, 0.29) is 5.69 Å². The molecule has 3 rings (SSSR count). The van der Waals surface area contributed by atoms with Gasteiger partial charge in [0.05, 0.1) is 37.5 Å². The lowest BCUT2D eigenvalue weighted by Crippen LogP contribution is -2.15. The third kappa shape index (κ3) is 5.63. The fourth-order valence-electron chi connectivity index (χ4n) is 3.16.